The number of nitrogens with one attached hydrogen (secondary N) is 1. The van der Waals surface area contributed by atoms with Gasteiger partial charge in [0.05, 0.1) is 0 Å². The summed E-state index contributed by atoms with van der Waals surface area (Å²) in [7, 11) is 0. The summed E-state index contributed by atoms with van der Waals surface area (Å²) in [6, 6.07) is 1.79. The van der Waals surface area contributed by atoms with Crippen molar-refractivity contribution in [3.8, 4) is 0 Å². The standard InChI is InChI=1S/C11H19N3O2/c1-2-10(4-7-15)8-12-11(16)9-14-6-3-5-13-14/h3,5-6,10,15H,2,4,7-9H2,1H3,(H,12,16). The maximum atomic E-state index is 11.5. The van der Waals surface area contributed by atoms with E-state index in [4.69, 9.17) is 5.11 Å². The Morgan fingerprint density at radius 1 is 1.62 bits per heavy atom. The molecule has 0 aliphatic rings. The fourth-order valence-corrected chi connectivity index (χ4v) is 1.49. The molecule has 5 nitrogen and oxygen atoms in total. The van der Waals surface area contributed by atoms with E-state index in [2.05, 4.69) is 17.3 Å². The van der Waals surface area contributed by atoms with Crippen molar-refractivity contribution in [3.63, 3.8) is 0 Å². The molecule has 0 aliphatic heterocycles. The molecule has 0 saturated heterocycles. The molecule has 1 atom stereocenters. The first-order valence-corrected chi connectivity index (χ1v) is 5.61. The molecular weight excluding hydrogens is 206 g/mol. The Balaban J connectivity index is 2.24. The number of hydrogen-bond donors (Lipinski definition) is 2. The lowest BCUT2D eigenvalue weighted by molar-refractivity contribution is -0.122. The molecule has 0 spiro atoms. The highest BCUT2D eigenvalue weighted by Crippen LogP contribution is 2.05. The quantitative estimate of drug-likeness (QED) is 0.706. The number of carbonyl (C=O) groups is 1. The summed E-state index contributed by atoms with van der Waals surface area (Å²) in [5.41, 5.74) is 0. The Kier molecular flexibility index (Phi) is 5.56. The molecule has 1 aromatic heterocycles. The second kappa shape index (κ2) is 7.00. The molecule has 0 radical (unpaired) electrons. The van der Waals surface area contributed by atoms with Gasteiger partial charge in [0, 0.05) is 25.5 Å². The molecule has 2 N–H and O–H groups in total. The molecule has 1 heterocycles. The van der Waals surface area contributed by atoms with Crippen LogP contribution in [0.3, 0.4) is 0 Å². The Morgan fingerprint density at radius 2 is 2.44 bits per heavy atom. The highest BCUT2D eigenvalue weighted by molar-refractivity contribution is 5.75. The van der Waals surface area contributed by atoms with Gasteiger partial charge in [0.2, 0.25) is 5.91 Å². The van der Waals surface area contributed by atoms with Crippen LogP contribution < -0.4 is 5.32 Å². The average molecular weight is 225 g/mol. The van der Waals surface area contributed by atoms with Crippen molar-refractivity contribution in [2.45, 2.75) is 26.3 Å². The van der Waals surface area contributed by atoms with Gasteiger partial charge >= 0.3 is 0 Å². The lowest BCUT2D eigenvalue weighted by Gasteiger charge is -2.14. The lowest BCUT2D eigenvalue weighted by atomic mass is 10.0. The molecule has 0 aromatic carbocycles. The Morgan fingerprint density at radius 3 is 3.00 bits per heavy atom. The minimum absolute atomic E-state index is 0.0416. The molecule has 1 amide bonds. The highest BCUT2D eigenvalue weighted by atomic mass is 16.3. The summed E-state index contributed by atoms with van der Waals surface area (Å²) < 4.78 is 1.59. The molecular formula is C11H19N3O2. The highest BCUT2D eigenvalue weighted by Gasteiger charge is 2.08. The van der Waals surface area contributed by atoms with Crippen LogP contribution in [0.4, 0.5) is 0 Å². The van der Waals surface area contributed by atoms with Crippen molar-refractivity contribution in [2.75, 3.05) is 13.2 Å². The Labute approximate surface area is 95.5 Å². The topological polar surface area (TPSA) is 67.2 Å². The van der Waals surface area contributed by atoms with E-state index in [1.165, 1.54) is 0 Å². The van der Waals surface area contributed by atoms with Gasteiger partial charge in [0.15, 0.2) is 0 Å². The van der Waals surface area contributed by atoms with Crippen LogP contribution in [0.25, 0.3) is 0 Å². The number of aliphatic hydroxyl groups is 1. The Bertz CT molecular complexity index is 298. The normalized spacial score (nSPS) is 12.4. The molecule has 1 aromatic rings. The maximum absolute atomic E-state index is 11.5. The lowest BCUT2D eigenvalue weighted by Crippen LogP contribution is -2.32. The van der Waals surface area contributed by atoms with Gasteiger partial charge in [0.1, 0.15) is 6.54 Å². The molecule has 1 unspecified atom stereocenters. The zero-order chi connectivity index (χ0) is 11.8. The molecule has 5 heteroatoms. The van der Waals surface area contributed by atoms with Crippen molar-refractivity contribution in [2.24, 2.45) is 5.92 Å². The van der Waals surface area contributed by atoms with Crippen LogP contribution >= 0.6 is 0 Å². The van der Waals surface area contributed by atoms with Crippen molar-refractivity contribution < 1.29 is 9.90 Å². The predicted molar refractivity (Wildman–Crippen MR) is 60.7 cm³/mol. The summed E-state index contributed by atoms with van der Waals surface area (Å²) in [5, 5.41) is 15.6. The average Bonchev–Trinajstić information content (AvgIpc) is 2.76. The third kappa shape index (κ3) is 4.44. The minimum atomic E-state index is -0.0416. The maximum Gasteiger partial charge on any atom is 0.241 e. The van der Waals surface area contributed by atoms with Crippen molar-refractivity contribution in [3.05, 3.63) is 18.5 Å². The number of aliphatic hydroxyl groups excluding tert-OH is 1. The predicted octanol–water partition coefficient (Wildman–Crippen LogP) is 0.408. The van der Waals surface area contributed by atoms with E-state index in [0.717, 1.165) is 12.8 Å². The van der Waals surface area contributed by atoms with E-state index in [9.17, 15) is 4.79 Å². The van der Waals surface area contributed by atoms with Crippen LogP contribution in [0.2, 0.25) is 0 Å². The van der Waals surface area contributed by atoms with Gasteiger partial charge in [-0.15, -0.1) is 0 Å². The largest absolute Gasteiger partial charge is 0.396 e. The van der Waals surface area contributed by atoms with Gasteiger partial charge in [-0.25, -0.2) is 0 Å². The minimum Gasteiger partial charge on any atom is -0.396 e. The summed E-state index contributed by atoms with van der Waals surface area (Å²) >= 11 is 0. The fraction of sp³-hybridized carbons (Fsp3) is 0.636. The van der Waals surface area contributed by atoms with Crippen molar-refractivity contribution >= 4 is 5.91 Å². The number of amides is 1. The molecule has 0 bridgehead atoms. The first kappa shape index (κ1) is 12.7. The summed E-state index contributed by atoms with van der Waals surface area (Å²) in [6.07, 6.45) is 5.10. The summed E-state index contributed by atoms with van der Waals surface area (Å²) in [4.78, 5) is 11.5. The van der Waals surface area contributed by atoms with Crippen LogP contribution in [0.1, 0.15) is 19.8 Å². The first-order chi connectivity index (χ1) is 7.76. The number of nitrogens with zero attached hydrogens (tertiary/aromatic N) is 2. The van der Waals surface area contributed by atoms with Crippen molar-refractivity contribution in [1.29, 1.82) is 0 Å². The van der Waals surface area contributed by atoms with Gasteiger partial charge in [-0.05, 0) is 18.4 Å². The zero-order valence-corrected chi connectivity index (χ0v) is 9.59. The van der Waals surface area contributed by atoms with Crippen LogP contribution in [0, 0.1) is 5.92 Å². The van der Waals surface area contributed by atoms with E-state index in [-0.39, 0.29) is 19.1 Å². The number of aromatic nitrogens is 2. The fourth-order valence-electron chi connectivity index (χ4n) is 1.49. The smallest absolute Gasteiger partial charge is 0.241 e. The summed E-state index contributed by atoms with van der Waals surface area (Å²) in [5.74, 6) is 0.312. The van der Waals surface area contributed by atoms with Crippen LogP contribution in [-0.4, -0.2) is 33.9 Å². The third-order valence-corrected chi connectivity index (χ3v) is 2.57. The SMILES string of the molecule is CCC(CCO)CNC(=O)Cn1cccn1. The van der Waals surface area contributed by atoms with E-state index < -0.39 is 0 Å². The monoisotopic (exact) mass is 225 g/mol. The third-order valence-electron chi connectivity index (χ3n) is 2.57. The molecule has 0 fully saturated rings. The van der Waals surface area contributed by atoms with Gasteiger partial charge in [0.25, 0.3) is 0 Å². The molecule has 1 rings (SSSR count). The van der Waals surface area contributed by atoms with Gasteiger partial charge in [-0.2, -0.15) is 5.10 Å². The van der Waals surface area contributed by atoms with Crippen LogP contribution in [-0.2, 0) is 11.3 Å². The molecule has 0 aliphatic carbocycles. The Hall–Kier alpha value is -1.36. The number of hydrogen-bond acceptors (Lipinski definition) is 3. The number of carbonyl (C=O) groups excluding carboxylic acids is 1. The first-order valence-electron chi connectivity index (χ1n) is 5.61. The molecule has 90 valence electrons. The van der Waals surface area contributed by atoms with E-state index >= 15 is 0 Å². The van der Waals surface area contributed by atoms with Crippen LogP contribution in [0.15, 0.2) is 18.5 Å². The second-order valence-corrected chi connectivity index (χ2v) is 3.79. The van der Waals surface area contributed by atoms with Gasteiger partial charge in [-0.3, -0.25) is 9.48 Å². The van der Waals surface area contributed by atoms with E-state index in [1.54, 1.807) is 23.1 Å². The van der Waals surface area contributed by atoms with E-state index in [0.29, 0.717) is 12.5 Å². The van der Waals surface area contributed by atoms with Gasteiger partial charge < -0.3 is 10.4 Å². The number of rotatable bonds is 7. The van der Waals surface area contributed by atoms with Gasteiger partial charge in [-0.1, -0.05) is 13.3 Å². The van der Waals surface area contributed by atoms with E-state index in [1.807, 2.05) is 0 Å². The molecule has 16 heavy (non-hydrogen) atoms. The molecule has 0 saturated carbocycles. The second-order valence-electron chi connectivity index (χ2n) is 3.79. The van der Waals surface area contributed by atoms with Crippen molar-refractivity contribution in [1.82, 2.24) is 15.1 Å². The zero-order valence-electron chi connectivity index (χ0n) is 9.59. The van der Waals surface area contributed by atoms with Crippen LogP contribution in [0.5, 0.6) is 0 Å². The summed E-state index contributed by atoms with van der Waals surface area (Å²) in [6.45, 7) is 3.10.